The Labute approximate surface area is 158 Å². The van der Waals surface area contributed by atoms with E-state index in [0.717, 1.165) is 12.0 Å². The standard InChI is InChI=1S/C19H20N2O5S/c1-13-8-9-15(12-17(13)21-10-4-7-18(21)22)20-27(24,25)16-6-3-5-14(11-16)19(23)26-2/h3,5-6,8-9,11-12,20H,4,7,10H2,1-2H3. The van der Waals surface area contributed by atoms with Crippen molar-refractivity contribution in [3.63, 3.8) is 0 Å². The van der Waals surface area contributed by atoms with Gasteiger partial charge in [0.25, 0.3) is 10.0 Å². The molecule has 142 valence electrons. The number of anilines is 2. The molecule has 2 aromatic rings. The van der Waals surface area contributed by atoms with E-state index in [-0.39, 0.29) is 16.4 Å². The van der Waals surface area contributed by atoms with Gasteiger partial charge in [-0.1, -0.05) is 12.1 Å². The average molecular weight is 388 g/mol. The van der Waals surface area contributed by atoms with Gasteiger partial charge in [-0.2, -0.15) is 0 Å². The van der Waals surface area contributed by atoms with Crippen LogP contribution in [-0.2, 0) is 19.6 Å². The van der Waals surface area contributed by atoms with Crippen LogP contribution >= 0.6 is 0 Å². The number of ether oxygens (including phenoxy) is 1. The lowest BCUT2D eigenvalue weighted by molar-refractivity contribution is -0.117. The van der Waals surface area contributed by atoms with Crippen LogP contribution in [-0.4, -0.2) is 33.9 Å². The summed E-state index contributed by atoms with van der Waals surface area (Å²) in [6.45, 7) is 2.50. The van der Waals surface area contributed by atoms with Gasteiger partial charge in [-0.3, -0.25) is 9.52 Å². The number of carbonyl (C=O) groups is 2. The lowest BCUT2D eigenvalue weighted by Crippen LogP contribution is -2.24. The highest BCUT2D eigenvalue weighted by Crippen LogP contribution is 2.29. The van der Waals surface area contributed by atoms with Gasteiger partial charge in [0.05, 0.1) is 23.3 Å². The first-order chi connectivity index (χ1) is 12.8. The quantitative estimate of drug-likeness (QED) is 0.795. The van der Waals surface area contributed by atoms with Crippen LogP contribution in [0, 0.1) is 6.92 Å². The molecule has 1 aliphatic rings. The van der Waals surface area contributed by atoms with Crippen LogP contribution in [0.3, 0.4) is 0 Å². The van der Waals surface area contributed by atoms with Gasteiger partial charge in [0.1, 0.15) is 0 Å². The molecule has 0 aliphatic carbocycles. The molecule has 1 N–H and O–H groups in total. The molecule has 1 amide bonds. The van der Waals surface area contributed by atoms with E-state index in [1.54, 1.807) is 23.1 Å². The van der Waals surface area contributed by atoms with Gasteiger partial charge in [-0.25, -0.2) is 13.2 Å². The van der Waals surface area contributed by atoms with Crippen LogP contribution in [0.25, 0.3) is 0 Å². The number of sulfonamides is 1. The fourth-order valence-electron chi connectivity index (χ4n) is 2.99. The summed E-state index contributed by atoms with van der Waals surface area (Å²) >= 11 is 0. The summed E-state index contributed by atoms with van der Waals surface area (Å²) in [5.41, 5.74) is 2.08. The van der Waals surface area contributed by atoms with Crippen molar-refractivity contribution >= 4 is 33.3 Å². The maximum atomic E-state index is 12.7. The Balaban J connectivity index is 1.90. The minimum atomic E-state index is -3.91. The Bertz CT molecular complexity index is 1000. The van der Waals surface area contributed by atoms with Gasteiger partial charge in [0, 0.05) is 18.7 Å². The van der Waals surface area contributed by atoms with Crippen LogP contribution in [0.5, 0.6) is 0 Å². The highest BCUT2D eigenvalue weighted by Gasteiger charge is 2.24. The van der Waals surface area contributed by atoms with Crippen molar-refractivity contribution in [3.05, 3.63) is 53.6 Å². The van der Waals surface area contributed by atoms with Crippen LogP contribution in [0.15, 0.2) is 47.4 Å². The molecule has 27 heavy (non-hydrogen) atoms. The number of carbonyl (C=O) groups excluding carboxylic acids is 2. The van der Waals surface area contributed by atoms with Crippen molar-refractivity contribution in [2.45, 2.75) is 24.7 Å². The zero-order valence-electron chi connectivity index (χ0n) is 15.1. The average Bonchev–Trinajstić information content (AvgIpc) is 3.08. The molecule has 7 nitrogen and oxygen atoms in total. The predicted octanol–water partition coefficient (Wildman–Crippen LogP) is 2.71. The molecule has 0 spiro atoms. The minimum absolute atomic E-state index is 0.0314. The number of benzene rings is 2. The minimum Gasteiger partial charge on any atom is -0.465 e. The second-order valence-corrected chi connectivity index (χ2v) is 7.96. The molecule has 8 heteroatoms. The topological polar surface area (TPSA) is 92.8 Å². The van der Waals surface area contributed by atoms with Gasteiger partial charge >= 0.3 is 5.97 Å². The van der Waals surface area contributed by atoms with E-state index >= 15 is 0 Å². The van der Waals surface area contributed by atoms with Gasteiger partial charge in [0.15, 0.2) is 0 Å². The summed E-state index contributed by atoms with van der Waals surface area (Å²) in [6, 6.07) is 10.7. The number of methoxy groups -OCH3 is 1. The summed E-state index contributed by atoms with van der Waals surface area (Å²) < 4.78 is 32.5. The normalized spacial score (nSPS) is 14.3. The van der Waals surface area contributed by atoms with Crippen molar-refractivity contribution < 1.29 is 22.7 Å². The molecule has 0 unspecified atom stereocenters. The zero-order chi connectivity index (χ0) is 19.6. The van der Waals surface area contributed by atoms with E-state index < -0.39 is 16.0 Å². The number of nitrogens with zero attached hydrogens (tertiary/aromatic N) is 1. The molecular formula is C19H20N2O5S. The first kappa shape index (κ1) is 18.9. The fourth-order valence-corrected chi connectivity index (χ4v) is 4.08. The van der Waals surface area contributed by atoms with Crippen LogP contribution in [0.1, 0.15) is 28.8 Å². The molecule has 0 aromatic heterocycles. The molecular weight excluding hydrogens is 368 g/mol. The SMILES string of the molecule is COC(=O)c1cccc(S(=O)(=O)Nc2ccc(C)c(N3CCCC3=O)c2)c1. The summed E-state index contributed by atoms with van der Waals surface area (Å²) in [7, 11) is -2.67. The third-order valence-electron chi connectivity index (χ3n) is 4.39. The summed E-state index contributed by atoms with van der Waals surface area (Å²) in [5, 5.41) is 0. The van der Waals surface area contributed by atoms with Crippen molar-refractivity contribution in [3.8, 4) is 0 Å². The van der Waals surface area contributed by atoms with Crippen molar-refractivity contribution in [1.82, 2.24) is 0 Å². The molecule has 0 bridgehead atoms. The molecule has 3 rings (SSSR count). The first-order valence-corrected chi connectivity index (χ1v) is 9.92. The van der Waals surface area contributed by atoms with Gasteiger partial charge < -0.3 is 9.64 Å². The van der Waals surface area contributed by atoms with E-state index in [9.17, 15) is 18.0 Å². The van der Waals surface area contributed by atoms with Crippen molar-refractivity contribution in [2.75, 3.05) is 23.3 Å². The lowest BCUT2D eigenvalue weighted by Gasteiger charge is -2.19. The number of amides is 1. The number of hydrogen-bond acceptors (Lipinski definition) is 5. The summed E-state index contributed by atoms with van der Waals surface area (Å²) in [5.74, 6) is -0.582. The molecule has 0 atom stereocenters. The number of nitrogens with one attached hydrogen (secondary N) is 1. The second-order valence-electron chi connectivity index (χ2n) is 6.28. The molecule has 1 aliphatic heterocycles. The van der Waals surface area contributed by atoms with E-state index in [1.807, 2.05) is 6.92 Å². The van der Waals surface area contributed by atoms with Gasteiger partial charge in [0.2, 0.25) is 5.91 Å². The van der Waals surface area contributed by atoms with Gasteiger partial charge in [-0.05, 0) is 49.2 Å². The highest BCUT2D eigenvalue weighted by atomic mass is 32.2. The molecule has 2 aromatic carbocycles. The Morgan fingerprint density at radius 2 is 1.96 bits per heavy atom. The molecule has 1 fully saturated rings. The first-order valence-electron chi connectivity index (χ1n) is 8.44. The molecule has 0 radical (unpaired) electrons. The lowest BCUT2D eigenvalue weighted by atomic mass is 10.1. The smallest absolute Gasteiger partial charge is 0.337 e. The Morgan fingerprint density at radius 1 is 1.19 bits per heavy atom. The summed E-state index contributed by atoms with van der Waals surface area (Å²) in [4.78, 5) is 25.3. The van der Waals surface area contributed by atoms with Crippen molar-refractivity contribution in [1.29, 1.82) is 0 Å². The third-order valence-corrected chi connectivity index (χ3v) is 5.77. The van der Waals surface area contributed by atoms with E-state index in [4.69, 9.17) is 0 Å². The zero-order valence-corrected chi connectivity index (χ0v) is 15.9. The van der Waals surface area contributed by atoms with Crippen molar-refractivity contribution in [2.24, 2.45) is 0 Å². The van der Waals surface area contributed by atoms with Gasteiger partial charge in [-0.15, -0.1) is 0 Å². The Morgan fingerprint density at radius 3 is 2.63 bits per heavy atom. The summed E-state index contributed by atoms with van der Waals surface area (Å²) in [6.07, 6.45) is 1.28. The monoisotopic (exact) mass is 388 g/mol. The maximum absolute atomic E-state index is 12.7. The number of esters is 1. The highest BCUT2D eigenvalue weighted by molar-refractivity contribution is 7.92. The van der Waals surface area contributed by atoms with E-state index in [1.165, 1.54) is 31.4 Å². The number of rotatable bonds is 5. The van der Waals surface area contributed by atoms with E-state index in [0.29, 0.717) is 24.3 Å². The predicted molar refractivity (Wildman–Crippen MR) is 101 cm³/mol. The largest absolute Gasteiger partial charge is 0.465 e. The Kier molecular flexibility index (Phi) is 5.18. The fraction of sp³-hybridized carbons (Fsp3) is 0.263. The third kappa shape index (κ3) is 3.95. The van der Waals surface area contributed by atoms with Crippen LogP contribution in [0.4, 0.5) is 11.4 Å². The number of hydrogen-bond donors (Lipinski definition) is 1. The van der Waals surface area contributed by atoms with Crippen LogP contribution in [0.2, 0.25) is 0 Å². The second kappa shape index (κ2) is 7.40. The molecule has 1 heterocycles. The Hall–Kier alpha value is -2.87. The van der Waals surface area contributed by atoms with Crippen LogP contribution < -0.4 is 9.62 Å². The molecule has 1 saturated heterocycles. The number of aryl methyl sites for hydroxylation is 1. The molecule has 0 saturated carbocycles. The van der Waals surface area contributed by atoms with E-state index in [2.05, 4.69) is 9.46 Å². The maximum Gasteiger partial charge on any atom is 0.337 e.